The van der Waals surface area contributed by atoms with E-state index >= 15 is 0 Å². The zero-order valence-corrected chi connectivity index (χ0v) is 15.5. The summed E-state index contributed by atoms with van der Waals surface area (Å²) in [4.78, 5) is 0. The largest absolute Gasteiger partial charge is 0.494 e. The van der Waals surface area contributed by atoms with Crippen molar-refractivity contribution in [3.8, 4) is 5.75 Å². The van der Waals surface area contributed by atoms with Gasteiger partial charge >= 0.3 is 0 Å². The summed E-state index contributed by atoms with van der Waals surface area (Å²) in [5.41, 5.74) is 2.73. The molecule has 4 rings (SSSR count). The Morgan fingerprint density at radius 2 is 2.00 bits per heavy atom. The lowest BCUT2D eigenvalue weighted by atomic mass is 9.53. The smallest absolute Gasteiger partial charge is 0.119 e. The second kappa shape index (κ2) is 5.76. The number of rotatable bonds is 3. The highest BCUT2D eigenvalue weighted by atomic mass is 16.5. The molecule has 2 fully saturated rings. The molecule has 0 saturated heterocycles. The third-order valence-corrected chi connectivity index (χ3v) is 7.73. The Bertz CT molecular complexity index is 620. The second-order valence-corrected chi connectivity index (χ2v) is 8.89. The number of ether oxygens (including phenoxy) is 1. The summed E-state index contributed by atoms with van der Waals surface area (Å²) in [6.07, 6.45) is 8.10. The van der Waals surface area contributed by atoms with Crippen molar-refractivity contribution in [2.24, 2.45) is 17.3 Å². The van der Waals surface area contributed by atoms with Gasteiger partial charge < -0.3 is 9.84 Å². The molecule has 2 saturated carbocycles. The molecule has 132 valence electrons. The van der Waals surface area contributed by atoms with E-state index in [0.717, 1.165) is 31.1 Å². The van der Waals surface area contributed by atoms with E-state index in [1.807, 2.05) is 0 Å². The summed E-state index contributed by atoms with van der Waals surface area (Å²) < 4.78 is 5.84. The van der Waals surface area contributed by atoms with Crippen LogP contribution in [0.4, 0.5) is 0 Å². The standard InChI is InChI=1S/C22H32O2/c1-4-13-24-16-6-8-17-15(14-16)5-7-19-18(17)9-11-21(2)20(19)10-12-22(21,3)23/h6,8,14,18-20,23H,4-5,7,9-13H2,1-3H3/t18-,19+,20+,21+,22+/m0/s1. The molecule has 0 aromatic heterocycles. The van der Waals surface area contributed by atoms with E-state index in [2.05, 4.69) is 39.0 Å². The Morgan fingerprint density at radius 1 is 1.17 bits per heavy atom. The minimum Gasteiger partial charge on any atom is -0.494 e. The fraction of sp³-hybridized carbons (Fsp3) is 0.727. The molecule has 0 amide bonds. The highest BCUT2D eigenvalue weighted by Crippen LogP contribution is 2.64. The Hall–Kier alpha value is -1.02. The van der Waals surface area contributed by atoms with Gasteiger partial charge in [0.05, 0.1) is 12.2 Å². The van der Waals surface area contributed by atoms with Gasteiger partial charge in [-0.05, 0) is 98.3 Å². The van der Waals surface area contributed by atoms with Crippen molar-refractivity contribution in [1.29, 1.82) is 0 Å². The average molecular weight is 328 g/mol. The maximum absolute atomic E-state index is 10.9. The third-order valence-electron chi connectivity index (χ3n) is 7.73. The highest BCUT2D eigenvalue weighted by molar-refractivity contribution is 5.41. The topological polar surface area (TPSA) is 29.5 Å². The summed E-state index contributed by atoms with van der Waals surface area (Å²) in [7, 11) is 0. The summed E-state index contributed by atoms with van der Waals surface area (Å²) in [5.74, 6) is 3.18. The van der Waals surface area contributed by atoms with Crippen molar-refractivity contribution in [2.45, 2.75) is 77.2 Å². The maximum atomic E-state index is 10.9. The first-order valence-electron chi connectivity index (χ1n) is 9.94. The van der Waals surface area contributed by atoms with Crippen LogP contribution in [0, 0.1) is 17.3 Å². The third kappa shape index (κ3) is 2.33. The normalized spacial score (nSPS) is 40.6. The molecule has 0 heterocycles. The van der Waals surface area contributed by atoms with Gasteiger partial charge in [-0.3, -0.25) is 0 Å². The van der Waals surface area contributed by atoms with Crippen LogP contribution in [0.25, 0.3) is 0 Å². The maximum Gasteiger partial charge on any atom is 0.119 e. The first kappa shape index (κ1) is 16.4. The number of aryl methyl sites for hydroxylation is 1. The molecule has 0 unspecified atom stereocenters. The SMILES string of the molecule is CCCOc1ccc2c(c1)CC[C@H]1[C@H]3CC[C@@](C)(O)[C@]3(C)CC[C@@H]21. The zero-order valence-electron chi connectivity index (χ0n) is 15.5. The van der Waals surface area contributed by atoms with Crippen LogP contribution in [0.5, 0.6) is 5.75 Å². The lowest BCUT2D eigenvalue weighted by molar-refractivity contribution is -0.0901. The van der Waals surface area contributed by atoms with Crippen LogP contribution < -0.4 is 4.74 Å². The number of aliphatic hydroxyl groups is 1. The molecule has 0 aliphatic heterocycles. The minimum atomic E-state index is -0.471. The van der Waals surface area contributed by atoms with E-state index in [1.54, 1.807) is 5.56 Å². The van der Waals surface area contributed by atoms with Crippen LogP contribution in [-0.4, -0.2) is 17.3 Å². The lowest BCUT2D eigenvalue weighted by Gasteiger charge is -2.52. The molecule has 0 radical (unpaired) electrons. The Balaban J connectivity index is 1.61. The summed E-state index contributed by atoms with van der Waals surface area (Å²) in [6.45, 7) is 7.40. The van der Waals surface area contributed by atoms with Gasteiger partial charge in [-0.2, -0.15) is 0 Å². The van der Waals surface area contributed by atoms with Crippen LogP contribution in [0.1, 0.15) is 76.3 Å². The molecule has 3 aliphatic rings. The van der Waals surface area contributed by atoms with Gasteiger partial charge in [0, 0.05) is 0 Å². The minimum absolute atomic E-state index is 0.121. The van der Waals surface area contributed by atoms with Gasteiger partial charge in [0.25, 0.3) is 0 Å². The first-order chi connectivity index (χ1) is 11.5. The molecular weight excluding hydrogens is 296 g/mol. The molecule has 5 atom stereocenters. The Labute approximate surface area is 146 Å². The van der Waals surface area contributed by atoms with E-state index < -0.39 is 5.60 Å². The predicted octanol–water partition coefficient (Wildman–Crippen LogP) is 5.08. The summed E-state index contributed by atoms with van der Waals surface area (Å²) >= 11 is 0. The highest BCUT2D eigenvalue weighted by Gasteiger charge is 2.59. The molecule has 3 aliphatic carbocycles. The van der Waals surface area contributed by atoms with E-state index in [1.165, 1.54) is 37.7 Å². The van der Waals surface area contributed by atoms with Gasteiger partial charge in [0.15, 0.2) is 0 Å². The summed E-state index contributed by atoms with van der Waals surface area (Å²) in [6, 6.07) is 6.81. The van der Waals surface area contributed by atoms with Crippen molar-refractivity contribution in [3.63, 3.8) is 0 Å². The van der Waals surface area contributed by atoms with E-state index in [9.17, 15) is 5.11 Å². The van der Waals surface area contributed by atoms with Crippen LogP contribution in [-0.2, 0) is 6.42 Å². The van der Waals surface area contributed by atoms with Crippen LogP contribution >= 0.6 is 0 Å². The second-order valence-electron chi connectivity index (χ2n) is 8.89. The fourth-order valence-corrected chi connectivity index (χ4v) is 6.11. The van der Waals surface area contributed by atoms with Gasteiger partial charge in [0.1, 0.15) is 5.75 Å². The number of benzene rings is 1. The molecule has 2 heteroatoms. The monoisotopic (exact) mass is 328 g/mol. The van der Waals surface area contributed by atoms with Gasteiger partial charge in [-0.1, -0.05) is 19.9 Å². The van der Waals surface area contributed by atoms with E-state index in [4.69, 9.17) is 4.74 Å². The van der Waals surface area contributed by atoms with Crippen molar-refractivity contribution < 1.29 is 9.84 Å². The Kier molecular flexibility index (Phi) is 3.95. The molecule has 0 spiro atoms. The molecule has 2 nitrogen and oxygen atoms in total. The number of hydrogen-bond acceptors (Lipinski definition) is 2. The van der Waals surface area contributed by atoms with Crippen molar-refractivity contribution >= 4 is 0 Å². The molecule has 24 heavy (non-hydrogen) atoms. The van der Waals surface area contributed by atoms with E-state index in [-0.39, 0.29) is 5.41 Å². The quantitative estimate of drug-likeness (QED) is 0.838. The average Bonchev–Trinajstić information content (AvgIpc) is 2.82. The molecule has 1 aromatic rings. The molecule has 1 aromatic carbocycles. The van der Waals surface area contributed by atoms with Crippen molar-refractivity contribution in [3.05, 3.63) is 29.3 Å². The van der Waals surface area contributed by atoms with Gasteiger partial charge in [-0.25, -0.2) is 0 Å². The number of hydrogen-bond donors (Lipinski definition) is 1. The van der Waals surface area contributed by atoms with E-state index in [0.29, 0.717) is 11.8 Å². The zero-order chi connectivity index (χ0) is 16.9. The van der Waals surface area contributed by atoms with Gasteiger partial charge in [-0.15, -0.1) is 0 Å². The van der Waals surface area contributed by atoms with Crippen LogP contribution in [0.15, 0.2) is 18.2 Å². The molecule has 0 bridgehead atoms. The van der Waals surface area contributed by atoms with Crippen LogP contribution in [0.2, 0.25) is 0 Å². The van der Waals surface area contributed by atoms with Gasteiger partial charge in [0.2, 0.25) is 0 Å². The first-order valence-corrected chi connectivity index (χ1v) is 9.94. The van der Waals surface area contributed by atoms with Crippen LogP contribution in [0.3, 0.4) is 0 Å². The molecular formula is C22H32O2. The van der Waals surface area contributed by atoms with Crippen molar-refractivity contribution in [1.82, 2.24) is 0 Å². The summed E-state index contributed by atoms with van der Waals surface area (Å²) in [5, 5.41) is 10.9. The van der Waals surface area contributed by atoms with Crippen molar-refractivity contribution in [2.75, 3.05) is 6.61 Å². The number of fused-ring (bicyclic) bond motifs is 5. The molecule has 1 N–H and O–H groups in total. The predicted molar refractivity (Wildman–Crippen MR) is 97.5 cm³/mol. The Morgan fingerprint density at radius 3 is 2.79 bits per heavy atom. The lowest BCUT2D eigenvalue weighted by Crippen LogP contribution is -2.49. The fourth-order valence-electron chi connectivity index (χ4n) is 6.11.